The highest BCUT2D eigenvalue weighted by Crippen LogP contribution is 2.38. The van der Waals surface area contributed by atoms with Crippen molar-refractivity contribution in [1.82, 2.24) is 4.72 Å². The molecule has 164 valence electrons. The van der Waals surface area contributed by atoms with Crippen molar-refractivity contribution in [3.8, 4) is 5.75 Å². The Kier molecular flexibility index (Phi) is 6.98. The highest BCUT2D eigenvalue weighted by molar-refractivity contribution is 7.94. The van der Waals surface area contributed by atoms with Crippen molar-refractivity contribution in [2.45, 2.75) is 45.1 Å². The number of carbonyl (C=O) groups is 1. The molecule has 9 nitrogen and oxygen atoms in total. The molecule has 1 saturated heterocycles. The van der Waals surface area contributed by atoms with Gasteiger partial charge in [-0.1, -0.05) is 0 Å². The lowest BCUT2D eigenvalue weighted by molar-refractivity contribution is -0.123. The van der Waals surface area contributed by atoms with Crippen LogP contribution in [0.5, 0.6) is 5.75 Å². The van der Waals surface area contributed by atoms with E-state index in [0.29, 0.717) is 17.3 Å². The lowest BCUT2D eigenvalue weighted by Crippen LogP contribution is -2.33. The van der Waals surface area contributed by atoms with Gasteiger partial charge in [-0.15, -0.1) is 0 Å². The third-order valence-electron chi connectivity index (χ3n) is 4.32. The van der Waals surface area contributed by atoms with Crippen LogP contribution in [0.4, 0.5) is 5.69 Å². The molecular weight excluding hydrogens is 420 g/mol. The van der Waals surface area contributed by atoms with E-state index in [9.17, 15) is 21.6 Å². The molecule has 1 aliphatic rings. The predicted octanol–water partition coefficient (Wildman–Crippen LogP) is 1.49. The molecule has 0 radical (unpaired) electrons. The lowest BCUT2D eigenvalue weighted by atomic mass is 9.95. The number of nitrogens with zero attached hydrogens (tertiary/aromatic N) is 1. The van der Waals surface area contributed by atoms with E-state index in [0.717, 1.165) is 6.07 Å². The topological polar surface area (TPSA) is 119 Å². The molecule has 1 fully saturated rings. The quantitative estimate of drug-likeness (QED) is 0.569. The van der Waals surface area contributed by atoms with Crippen LogP contribution in [0.2, 0.25) is 0 Å². The lowest BCUT2D eigenvalue weighted by Gasteiger charge is -2.19. The fourth-order valence-electron chi connectivity index (χ4n) is 2.94. The summed E-state index contributed by atoms with van der Waals surface area (Å²) in [5.74, 6) is -0.908. The minimum absolute atomic E-state index is 0.0371. The molecule has 1 aromatic rings. The van der Waals surface area contributed by atoms with E-state index in [1.807, 2.05) is 13.8 Å². The molecule has 11 heteroatoms. The Morgan fingerprint density at radius 2 is 1.93 bits per heavy atom. The molecular formula is C18H28N2O7S2. The highest BCUT2D eigenvalue weighted by Gasteiger charge is 2.50. The van der Waals surface area contributed by atoms with Gasteiger partial charge in [0.05, 0.1) is 30.1 Å². The molecule has 1 aromatic carbocycles. The summed E-state index contributed by atoms with van der Waals surface area (Å²) in [4.78, 5) is 12.4. The summed E-state index contributed by atoms with van der Waals surface area (Å²) in [7, 11) is -6.59. The van der Waals surface area contributed by atoms with Gasteiger partial charge in [0.15, 0.2) is 0 Å². The van der Waals surface area contributed by atoms with Crippen LogP contribution in [0.1, 0.15) is 34.1 Å². The number of amides is 1. The van der Waals surface area contributed by atoms with Crippen LogP contribution >= 0.6 is 0 Å². The molecule has 0 saturated carbocycles. The van der Waals surface area contributed by atoms with E-state index in [-0.39, 0.29) is 34.7 Å². The maximum atomic E-state index is 12.8. The van der Waals surface area contributed by atoms with Gasteiger partial charge >= 0.3 is 0 Å². The summed E-state index contributed by atoms with van der Waals surface area (Å²) in [6.07, 6.45) is 0.514. The number of sulfonamides is 2. The number of methoxy groups -OCH3 is 1. The SMILES string of the molecule is COc1ccc(N2C(=O)C(C)(C)CS2(=O)=O)cc1S(=O)(=O)NCCCOC(C)C. The number of carbonyl (C=O) groups excluding carboxylic acids is 1. The molecule has 0 bridgehead atoms. The van der Waals surface area contributed by atoms with Crippen molar-refractivity contribution in [3.63, 3.8) is 0 Å². The molecule has 0 spiro atoms. The third kappa shape index (κ3) is 5.27. The van der Waals surface area contributed by atoms with E-state index in [1.54, 1.807) is 0 Å². The van der Waals surface area contributed by atoms with Crippen LogP contribution in [0, 0.1) is 5.41 Å². The molecule has 1 aliphatic heterocycles. The number of ether oxygens (including phenoxy) is 2. The number of rotatable bonds is 9. The van der Waals surface area contributed by atoms with Crippen LogP contribution in [0.3, 0.4) is 0 Å². The second-order valence-corrected chi connectivity index (χ2v) is 11.3. The van der Waals surface area contributed by atoms with Crippen LogP contribution in [0.25, 0.3) is 0 Å². The Hall–Kier alpha value is -1.69. The van der Waals surface area contributed by atoms with E-state index in [4.69, 9.17) is 9.47 Å². The summed E-state index contributed by atoms with van der Waals surface area (Å²) in [6, 6.07) is 3.83. The number of benzene rings is 1. The van der Waals surface area contributed by atoms with Crippen LogP contribution in [0.15, 0.2) is 23.1 Å². The highest BCUT2D eigenvalue weighted by atomic mass is 32.2. The van der Waals surface area contributed by atoms with Crippen LogP contribution in [-0.2, 0) is 29.6 Å². The van der Waals surface area contributed by atoms with Gasteiger partial charge in [0.1, 0.15) is 10.6 Å². The van der Waals surface area contributed by atoms with Crippen molar-refractivity contribution in [1.29, 1.82) is 0 Å². The van der Waals surface area contributed by atoms with E-state index in [2.05, 4.69) is 4.72 Å². The van der Waals surface area contributed by atoms with Gasteiger partial charge in [0.25, 0.3) is 0 Å². The Morgan fingerprint density at radius 3 is 2.45 bits per heavy atom. The van der Waals surface area contributed by atoms with Gasteiger partial charge in [-0.25, -0.2) is 25.9 Å². The van der Waals surface area contributed by atoms with Gasteiger partial charge in [0.2, 0.25) is 26.0 Å². The van der Waals surface area contributed by atoms with Gasteiger partial charge in [0, 0.05) is 13.2 Å². The summed E-state index contributed by atoms with van der Waals surface area (Å²) < 4.78 is 64.1. The zero-order chi connectivity index (χ0) is 22.0. The van der Waals surface area contributed by atoms with E-state index < -0.39 is 31.4 Å². The van der Waals surface area contributed by atoms with Crippen LogP contribution in [-0.4, -0.2) is 54.9 Å². The average Bonchev–Trinajstić information content (AvgIpc) is 2.76. The summed E-state index contributed by atoms with van der Waals surface area (Å²) in [5.41, 5.74) is -1.13. The number of hydrogen-bond acceptors (Lipinski definition) is 7. The molecule has 1 heterocycles. The van der Waals surface area contributed by atoms with Gasteiger partial charge in [-0.2, -0.15) is 0 Å². The number of anilines is 1. The second-order valence-electron chi connectivity index (χ2n) is 7.72. The van der Waals surface area contributed by atoms with Gasteiger partial charge in [-0.05, 0) is 52.3 Å². The molecule has 0 unspecified atom stereocenters. The number of nitrogens with one attached hydrogen (secondary N) is 1. The maximum Gasteiger partial charge on any atom is 0.247 e. The minimum Gasteiger partial charge on any atom is -0.495 e. The Bertz CT molecular complexity index is 970. The molecule has 2 rings (SSSR count). The van der Waals surface area contributed by atoms with Crippen molar-refractivity contribution in [2.24, 2.45) is 5.41 Å². The molecule has 1 N–H and O–H groups in total. The molecule has 29 heavy (non-hydrogen) atoms. The first kappa shape index (κ1) is 23.6. The molecule has 0 aliphatic carbocycles. The van der Waals surface area contributed by atoms with Crippen molar-refractivity contribution < 1.29 is 31.1 Å². The van der Waals surface area contributed by atoms with Gasteiger partial charge < -0.3 is 9.47 Å². The fraction of sp³-hybridized carbons (Fsp3) is 0.611. The Labute approximate surface area is 172 Å². The van der Waals surface area contributed by atoms with Crippen molar-refractivity contribution in [3.05, 3.63) is 18.2 Å². The summed E-state index contributed by atoms with van der Waals surface area (Å²) >= 11 is 0. The average molecular weight is 449 g/mol. The molecule has 0 atom stereocenters. The first-order valence-electron chi connectivity index (χ1n) is 9.18. The number of hydrogen-bond donors (Lipinski definition) is 1. The fourth-order valence-corrected chi connectivity index (χ4v) is 6.30. The third-order valence-corrected chi connectivity index (χ3v) is 7.82. The first-order chi connectivity index (χ1) is 13.3. The normalized spacial score (nSPS) is 18.4. The molecule has 0 aromatic heterocycles. The smallest absolute Gasteiger partial charge is 0.247 e. The summed E-state index contributed by atoms with van der Waals surface area (Å²) in [6.45, 7) is 7.37. The van der Waals surface area contributed by atoms with Crippen molar-refractivity contribution >= 4 is 31.6 Å². The molecule has 1 amide bonds. The zero-order valence-electron chi connectivity index (χ0n) is 17.3. The zero-order valence-corrected chi connectivity index (χ0v) is 18.9. The Balaban J connectivity index is 2.33. The van der Waals surface area contributed by atoms with E-state index >= 15 is 0 Å². The standard InChI is InChI=1S/C18H28N2O7S2/c1-13(2)27-10-6-9-19-29(24,25)16-11-14(7-8-15(16)26-5)20-17(21)18(3,4)12-28(20,22)23/h7-8,11,13,19H,6,9-10,12H2,1-5H3. The first-order valence-corrected chi connectivity index (χ1v) is 12.3. The predicted molar refractivity (Wildman–Crippen MR) is 109 cm³/mol. The maximum absolute atomic E-state index is 12.8. The summed E-state index contributed by atoms with van der Waals surface area (Å²) in [5, 5.41) is 0. The van der Waals surface area contributed by atoms with E-state index in [1.165, 1.54) is 33.1 Å². The largest absolute Gasteiger partial charge is 0.495 e. The minimum atomic E-state index is -4.00. The van der Waals surface area contributed by atoms with Crippen LogP contribution < -0.4 is 13.8 Å². The Morgan fingerprint density at radius 1 is 1.28 bits per heavy atom. The second kappa shape index (κ2) is 8.58. The van der Waals surface area contributed by atoms with Gasteiger partial charge in [-0.3, -0.25) is 4.79 Å². The monoisotopic (exact) mass is 448 g/mol. The van der Waals surface area contributed by atoms with Crippen molar-refractivity contribution in [2.75, 3.05) is 30.3 Å².